The lowest BCUT2D eigenvalue weighted by molar-refractivity contribution is -0.126. The molecule has 114 valence electrons. The molecule has 1 aliphatic rings. The molecule has 0 unspecified atom stereocenters. The number of thioether (sulfide) groups is 1. The molecule has 6 heteroatoms. The third-order valence-electron chi connectivity index (χ3n) is 3.79. The lowest BCUT2D eigenvalue weighted by atomic mass is 9.91. The molecular weight excluding hydrogens is 308 g/mol. The smallest absolute Gasteiger partial charge is 0.245 e. The number of hydrogen-bond acceptors (Lipinski definition) is 4. The number of carbonyl (C=O) groups is 1. The molecule has 2 rings (SSSR count). The SMILES string of the molecule is C[C@H](N=C1NC(=O)[C@@](C)(C(C)(C)O)S1)c1ccccc1Cl. The number of rotatable bonds is 3. The van der Waals surface area contributed by atoms with Crippen LogP contribution in [0.3, 0.4) is 0 Å². The number of hydrogen-bond donors (Lipinski definition) is 2. The lowest BCUT2D eigenvalue weighted by Crippen LogP contribution is -2.50. The summed E-state index contributed by atoms with van der Waals surface area (Å²) in [4.78, 5) is 16.7. The zero-order valence-electron chi connectivity index (χ0n) is 12.5. The van der Waals surface area contributed by atoms with Gasteiger partial charge in [0.25, 0.3) is 0 Å². The molecule has 1 heterocycles. The van der Waals surface area contributed by atoms with Gasteiger partial charge in [-0.05, 0) is 39.3 Å². The summed E-state index contributed by atoms with van der Waals surface area (Å²) in [5.74, 6) is -0.231. The number of amides is 1. The van der Waals surface area contributed by atoms with E-state index in [1.54, 1.807) is 20.8 Å². The first-order chi connectivity index (χ1) is 9.65. The Morgan fingerprint density at radius 3 is 2.57 bits per heavy atom. The molecule has 2 N–H and O–H groups in total. The number of carbonyl (C=O) groups excluding carboxylic acids is 1. The highest BCUT2D eigenvalue weighted by molar-refractivity contribution is 8.16. The Morgan fingerprint density at radius 2 is 2.05 bits per heavy atom. The fourth-order valence-corrected chi connectivity index (χ4v) is 3.43. The summed E-state index contributed by atoms with van der Waals surface area (Å²) < 4.78 is -0.952. The van der Waals surface area contributed by atoms with E-state index in [0.717, 1.165) is 5.56 Å². The molecule has 1 aromatic carbocycles. The Balaban J connectivity index is 2.25. The second kappa shape index (κ2) is 5.63. The first-order valence-electron chi connectivity index (χ1n) is 6.70. The highest BCUT2D eigenvalue weighted by Crippen LogP contribution is 2.41. The van der Waals surface area contributed by atoms with Crippen molar-refractivity contribution in [1.82, 2.24) is 5.32 Å². The summed E-state index contributed by atoms with van der Waals surface area (Å²) >= 11 is 7.41. The summed E-state index contributed by atoms with van der Waals surface area (Å²) in [7, 11) is 0. The molecule has 0 aromatic heterocycles. The van der Waals surface area contributed by atoms with Crippen LogP contribution in [0.1, 0.15) is 39.3 Å². The molecule has 0 saturated carbocycles. The van der Waals surface area contributed by atoms with Gasteiger partial charge in [-0.2, -0.15) is 0 Å². The molecule has 0 spiro atoms. The minimum absolute atomic E-state index is 0.175. The number of nitrogens with zero attached hydrogens (tertiary/aromatic N) is 1. The van der Waals surface area contributed by atoms with Gasteiger partial charge in [-0.1, -0.05) is 41.6 Å². The van der Waals surface area contributed by atoms with Crippen molar-refractivity contribution in [2.45, 2.75) is 44.1 Å². The molecule has 4 nitrogen and oxygen atoms in total. The third-order valence-corrected chi connectivity index (χ3v) is 5.63. The largest absolute Gasteiger partial charge is 0.388 e. The van der Waals surface area contributed by atoms with Gasteiger partial charge in [-0.3, -0.25) is 9.79 Å². The standard InChI is InChI=1S/C15H19ClN2O2S/c1-9(10-7-5-6-8-11(10)16)17-13-18-12(19)15(4,21-13)14(2,3)20/h5-9,20H,1-4H3,(H,17,18,19)/t9-,15-/m0/s1. The fraction of sp³-hybridized carbons (Fsp3) is 0.467. The van der Waals surface area contributed by atoms with Crippen LogP contribution in [0.4, 0.5) is 0 Å². The molecule has 1 amide bonds. The van der Waals surface area contributed by atoms with E-state index >= 15 is 0 Å². The van der Waals surface area contributed by atoms with Crippen LogP contribution in [0.25, 0.3) is 0 Å². The van der Waals surface area contributed by atoms with Crippen LogP contribution < -0.4 is 5.32 Å². The zero-order valence-corrected chi connectivity index (χ0v) is 14.0. The number of amidine groups is 1. The van der Waals surface area contributed by atoms with Gasteiger partial charge in [0, 0.05) is 5.02 Å². The Hall–Kier alpha value is -1.04. The van der Waals surface area contributed by atoms with Gasteiger partial charge in [0.1, 0.15) is 4.75 Å². The molecule has 1 aromatic rings. The van der Waals surface area contributed by atoms with Crippen LogP contribution in [0, 0.1) is 0 Å². The quantitative estimate of drug-likeness (QED) is 0.897. The van der Waals surface area contributed by atoms with Crippen molar-refractivity contribution in [3.63, 3.8) is 0 Å². The highest BCUT2D eigenvalue weighted by atomic mass is 35.5. The molecule has 21 heavy (non-hydrogen) atoms. The van der Waals surface area contributed by atoms with E-state index in [2.05, 4.69) is 10.3 Å². The maximum Gasteiger partial charge on any atom is 0.245 e. The predicted octanol–water partition coefficient (Wildman–Crippen LogP) is 3.15. The summed E-state index contributed by atoms with van der Waals surface area (Å²) in [5.41, 5.74) is -0.245. The van der Waals surface area contributed by atoms with Gasteiger partial charge in [0.15, 0.2) is 5.17 Å². The van der Waals surface area contributed by atoms with Crippen molar-refractivity contribution >= 4 is 34.4 Å². The van der Waals surface area contributed by atoms with Gasteiger partial charge in [0.2, 0.25) is 5.91 Å². The normalized spacial score (nSPS) is 26.0. The van der Waals surface area contributed by atoms with Crippen molar-refractivity contribution in [2.75, 3.05) is 0 Å². The Kier molecular flexibility index (Phi) is 4.38. The van der Waals surface area contributed by atoms with Gasteiger partial charge < -0.3 is 10.4 Å². The van der Waals surface area contributed by atoms with Crippen molar-refractivity contribution in [2.24, 2.45) is 4.99 Å². The van der Waals surface area contributed by atoms with Crippen LogP contribution in [0.5, 0.6) is 0 Å². The average molecular weight is 327 g/mol. The highest BCUT2D eigenvalue weighted by Gasteiger charge is 2.52. The summed E-state index contributed by atoms with van der Waals surface area (Å²) in [6.45, 7) is 6.89. The van der Waals surface area contributed by atoms with Crippen molar-refractivity contribution in [3.05, 3.63) is 34.9 Å². The van der Waals surface area contributed by atoms with E-state index in [1.165, 1.54) is 11.8 Å². The van der Waals surface area contributed by atoms with Gasteiger partial charge in [-0.15, -0.1) is 0 Å². The van der Waals surface area contributed by atoms with E-state index in [4.69, 9.17) is 11.6 Å². The first kappa shape index (κ1) is 16.3. The Bertz CT molecular complexity index is 598. The topological polar surface area (TPSA) is 61.7 Å². The number of halogens is 1. The van der Waals surface area contributed by atoms with Crippen LogP contribution in [-0.4, -0.2) is 26.5 Å². The van der Waals surface area contributed by atoms with Crippen LogP contribution in [0.2, 0.25) is 5.02 Å². The number of nitrogens with one attached hydrogen (secondary N) is 1. The van der Waals surface area contributed by atoms with E-state index < -0.39 is 10.3 Å². The lowest BCUT2D eigenvalue weighted by Gasteiger charge is -2.32. The molecule has 2 atom stereocenters. The molecular formula is C15H19ClN2O2S. The fourth-order valence-electron chi connectivity index (χ4n) is 2.00. The number of aliphatic imine (C=N–C) groups is 1. The minimum atomic E-state index is -1.15. The Labute approximate surface area is 134 Å². The summed E-state index contributed by atoms with van der Waals surface area (Å²) in [6.07, 6.45) is 0. The molecule has 1 saturated heterocycles. The first-order valence-corrected chi connectivity index (χ1v) is 7.89. The third kappa shape index (κ3) is 3.10. The monoisotopic (exact) mass is 326 g/mol. The summed E-state index contributed by atoms with van der Waals surface area (Å²) in [6, 6.07) is 7.32. The van der Waals surface area contributed by atoms with Crippen molar-refractivity contribution in [3.8, 4) is 0 Å². The zero-order chi connectivity index (χ0) is 15.8. The molecule has 0 radical (unpaired) electrons. The Morgan fingerprint density at radius 1 is 1.43 bits per heavy atom. The average Bonchev–Trinajstić information content (AvgIpc) is 2.65. The molecule has 1 aliphatic heterocycles. The van der Waals surface area contributed by atoms with E-state index in [9.17, 15) is 9.90 Å². The minimum Gasteiger partial charge on any atom is -0.388 e. The van der Waals surface area contributed by atoms with Crippen LogP contribution >= 0.6 is 23.4 Å². The maximum absolute atomic E-state index is 12.1. The second-order valence-corrected chi connectivity index (χ2v) is 7.59. The van der Waals surface area contributed by atoms with Crippen LogP contribution in [0.15, 0.2) is 29.3 Å². The molecule has 0 bridgehead atoms. The maximum atomic E-state index is 12.1. The number of benzene rings is 1. The van der Waals surface area contributed by atoms with Gasteiger partial charge >= 0.3 is 0 Å². The summed E-state index contributed by atoms with van der Waals surface area (Å²) in [5, 5.41) is 14.1. The van der Waals surface area contributed by atoms with Gasteiger partial charge in [-0.25, -0.2) is 0 Å². The van der Waals surface area contributed by atoms with E-state index in [-0.39, 0.29) is 11.9 Å². The second-order valence-electron chi connectivity index (χ2n) is 5.78. The molecule has 1 fully saturated rings. The number of aliphatic hydroxyl groups is 1. The van der Waals surface area contributed by atoms with E-state index in [1.807, 2.05) is 31.2 Å². The van der Waals surface area contributed by atoms with E-state index in [0.29, 0.717) is 10.2 Å². The molecule has 0 aliphatic carbocycles. The van der Waals surface area contributed by atoms with Crippen LogP contribution in [-0.2, 0) is 4.79 Å². The van der Waals surface area contributed by atoms with Gasteiger partial charge in [0.05, 0.1) is 11.6 Å². The van der Waals surface area contributed by atoms with Crippen molar-refractivity contribution in [1.29, 1.82) is 0 Å². The predicted molar refractivity (Wildman–Crippen MR) is 87.7 cm³/mol. The van der Waals surface area contributed by atoms with Crippen molar-refractivity contribution < 1.29 is 9.90 Å².